The second-order valence-electron chi connectivity index (χ2n) is 18.9. The van der Waals surface area contributed by atoms with Crippen LogP contribution in [-0.2, 0) is 42.2 Å². The molecule has 0 aromatic heterocycles. The summed E-state index contributed by atoms with van der Waals surface area (Å²) in [6.07, 6.45) is 53.4. The van der Waals surface area contributed by atoms with Crippen LogP contribution >= 0.6 is 0 Å². The van der Waals surface area contributed by atoms with Gasteiger partial charge in [0, 0.05) is 16.5 Å². The van der Waals surface area contributed by atoms with Crippen molar-refractivity contribution >= 4 is 22.8 Å². The van der Waals surface area contributed by atoms with Crippen molar-refractivity contribution in [2.24, 2.45) is 9.98 Å². The number of nitrogens with zero attached hydrogens (tertiary/aromatic N) is 2. The van der Waals surface area contributed by atoms with Crippen molar-refractivity contribution in [1.29, 1.82) is 0 Å². The molecule has 3 heteroatoms. The molecular weight excluding hydrogens is 795 g/mol. The van der Waals surface area contributed by atoms with Gasteiger partial charge in [0.1, 0.15) is 0 Å². The SMILES string of the molecule is CCCCCCCCCCCCCCCCCCCCCCC=CC(=Nc1cc(CCC)cc(CCC)c1)C(CCCCC)=Nc1cc(CCCCC)cc(CCCCC)c1.[Ni]. The molecule has 0 heterocycles. The molecule has 2 aromatic carbocycles. The van der Waals surface area contributed by atoms with E-state index < -0.39 is 0 Å². The third kappa shape index (κ3) is 30.2. The molecule has 0 amide bonds. The van der Waals surface area contributed by atoms with Gasteiger partial charge in [-0.3, -0.25) is 4.99 Å². The smallest absolute Gasteiger partial charge is 0.0848 e. The largest absolute Gasteiger partial charge is 0.251 e. The van der Waals surface area contributed by atoms with Crippen LogP contribution in [0.15, 0.2) is 58.5 Å². The van der Waals surface area contributed by atoms with E-state index in [0.717, 1.165) is 80.6 Å². The molecule has 0 unspecified atom stereocenters. The topological polar surface area (TPSA) is 24.7 Å². The Labute approximate surface area is 397 Å². The van der Waals surface area contributed by atoms with Crippen molar-refractivity contribution in [2.75, 3.05) is 0 Å². The standard InChI is InChI=1S/C59H100N2.Ni/c1-7-13-17-18-19-20-21-22-23-24-25-26-27-28-29-30-31-32-33-34-35-39-45-59(60-56-48-52(40-11-5)46-53(49-56)41-12-6)58(44-38-16-10-4)61-57-50-54(42-36-14-8-2)47-55(51-57)43-37-15-9-3;/h39,45-51H,7-38,40-44H2,1-6H3;. The first kappa shape index (κ1) is 58.0. The van der Waals surface area contributed by atoms with Gasteiger partial charge in [0.05, 0.1) is 22.8 Å². The molecule has 0 radical (unpaired) electrons. The van der Waals surface area contributed by atoms with Gasteiger partial charge >= 0.3 is 0 Å². The first-order valence-electron chi connectivity index (χ1n) is 27.1. The van der Waals surface area contributed by atoms with E-state index in [9.17, 15) is 0 Å². The second kappa shape index (κ2) is 41.7. The number of aryl methyl sites for hydroxylation is 4. The number of rotatable bonds is 41. The fourth-order valence-corrected chi connectivity index (χ4v) is 8.92. The Morgan fingerprint density at radius 3 is 1.10 bits per heavy atom. The van der Waals surface area contributed by atoms with Crippen LogP contribution in [0.2, 0.25) is 0 Å². The van der Waals surface area contributed by atoms with E-state index in [1.54, 1.807) is 0 Å². The fraction of sp³-hybridized carbons (Fsp3) is 0.729. The van der Waals surface area contributed by atoms with E-state index in [-0.39, 0.29) is 16.5 Å². The fourth-order valence-electron chi connectivity index (χ4n) is 8.92. The summed E-state index contributed by atoms with van der Waals surface area (Å²) in [5.41, 5.74) is 10.2. The maximum absolute atomic E-state index is 5.56. The van der Waals surface area contributed by atoms with Crippen molar-refractivity contribution in [1.82, 2.24) is 0 Å². The number of unbranched alkanes of at least 4 members (excludes halogenated alkanes) is 26. The number of hydrogen-bond acceptors (Lipinski definition) is 2. The van der Waals surface area contributed by atoms with Crippen molar-refractivity contribution in [3.05, 3.63) is 70.8 Å². The van der Waals surface area contributed by atoms with E-state index in [0.29, 0.717) is 0 Å². The molecule has 2 aromatic rings. The minimum atomic E-state index is 0. The maximum Gasteiger partial charge on any atom is 0.0848 e. The van der Waals surface area contributed by atoms with Crippen molar-refractivity contribution in [3.63, 3.8) is 0 Å². The Kier molecular flexibility index (Phi) is 39.0. The quantitative estimate of drug-likeness (QED) is 0.0361. The summed E-state index contributed by atoms with van der Waals surface area (Å²) < 4.78 is 0. The first-order chi connectivity index (χ1) is 30.1. The number of allylic oxidation sites excluding steroid dienone is 2. The Hall–Kier alpha value is -1.99. The van der Waals surface area contributed by atoms with Crippen LogP contribution in [-0.4, -0.2) is 11.4 Å². The molecule has 0 aliphatic carbocycles. The Bertz CT molecular complexity index is 1370. The zero-order valence-electron chi connectivity index (χ0n) is 42.0. The van der Waals surface area contributed by atoms with E-state index in [2.05, 4.69) is 90.1 Å². The molecule has 0 aliphatic heterocycles. The van der Waals surface area contributed by atoms with Crippen LogP contribution in [0.25, 0.3) is 0 Å². The summed E-state index contributed by atoms with van der Waals surface area (Å²) in [6, 6.07) is 14.4. The summed E-state index contributed by atoms with van der Waals surface area (Å²) in [7, 11) is 0. The maximum atomic E-state index is 5.56. The van der Waals surface area contributed by atoms with Crippen LogP contribution in [0.1, 0.15) is 276 Å². The summed E-state index contributed by atoms with van der Waals surface area (Å²) >= 11 is 0. The van der Waals surface area contributed by atoms with E-state index in [1.165, 1.54) is 202 Å². The van der Waals surface area contributed by atoms with Crippen LogP contribution in [0.5, 0.6) is 0 Å². The van der Waals surface area contributed by atoms with Gasteiger partial charge in [0.25, 0.3) is 0 Å². The van der Waals surface area contributed by atoms with Crippen LogP contribution in [0.3, 0.4) is 0 Å². The third-order valence-electron chi connectivity index (χ3n) is 12.6. The van der Waals surface area contributed by atoms with Crippen LogP contribution in [0, 0.1) is 0 Å². The van der Waals surface area contributed by atoms with Gasteiger partial charge in [0.2, 0.25) is 0 Å². The molecule has 0 saturated heterocycles. The van der Waals surface area contributed by atoms with Gasteiger partial charge in [0.15, 0.2) is 0 Å². The van der Waals surface area contributed by atoms with Gasteiger partial charge in [-0.15, -0.1) is 0 Å². The van der Waals surface area contributed by atoms with E-state index >= 15 is 0 Å². The Morgan fingerprint density at radius 2 is 0.694 bits per heavy atom. The van der Waals surface area contributed by atoms with Crippen molar-refractivity contribution < 1.29 is 16.5 Å². The monoisotopic (exact) mass is 895 g/mol. The van der Waals surface area contributed by atoms with Crippen molar-refractivity contribution in [2.45, 2.75) is 279 Å². The van der Waals surface area contributed by atoms with Gasteiger partial charge in [-0.1, -0.05) is 233 Å². The predicted molar refractivity (Wildman–Crippen MR) is 277 cm³/mol. The second-order valence-corrected chi connectivity index (χ2v) is 18.9. The predicted octanol–water partition coefficient (Wildman–Crippen LogP) is 20.2. The molecule has 0 saturated carbocycles. The average Bonchev–Trinajstić information content (AvgIpc) is 3.25. The van der Waals surface area contributed by atoms with Gasteiger partial charge in [-0.25, -0.2) is 4.99 Å². The number of aliphatic imine (C=N–C) groups is 2. The Morgan fingerprint density at radius 1 is 0.355 bits per heavy atom. The minimum Gasteiger partial charge on any atom is -0.251 e. The van der Waals surface area contributed by atoms with Crippen molar-refractivity contribution in [3.8, 4) is 0 Å². The molecule has 2 nitrogen and oxygen atoms in total. The van der Waals surface area contributed by atoms with Crippen LogP contribution < -0.4 is 0 Å². The molecule has 0 spiro atoms. The Balaban J connectivity index is 0.0000192. The zero-order valence-corrected chi connectivity index (χ0v) is 43.0. The summed E-state index contributed by atoms with van der Waals surface area (Å²) in [4.78, 5) is 11.1. The third-order valence-corrected chi connectivity index (χ3v) is 12.6. The molecule has 0 fully saturated rings. The van der Waals surface area contributed by atoms with Gasteiger partial charge in [-0.2, -0.15) is 0 Å². The summed E-state index contributed by atoms with van der Waals surface area (Å²) in [5, 5.41) is 0. The van der Waals surface area contributed by atoms with Crippen LogP contribution in [0.4, 0.5) is 11.4 Å². The molecule has 356 valence electrons. The average molecular weight is 896 g/mol. The van der Waals surface area contributed by atoms with E-state index in [4.69, 9.17) is 9.98 Å². The minimum absolute atomic E-state index is 0. The van der Waals surface area contributed by atoms with Gasteiger partial charge < -0.3 is 0 Å². The number of hydrogen-bond donors (Lipinski definition) is 0. The van der Waals surface area contributed by atoms with Gasteiger partial charge in [-0.05, 0) is 117 Å². The summed E-state index contributed by atoms with van der Waals surface area (Å²) in [5.74, 6) is 0. The normalized spacial score (nSPS) is 12.2. The molecule has 2 rings (SSSR count). The summed E-state index contributed by atoms with van der Waals surface area (Å²) in [6.45, 7) is 13.8. The first-order valence-corrected chi connectivity index (χ1v) is 27.1. The molecule has 62 heavy (non-hydrogen) atoms. The molecular formula is C59H100N2Ni. The molecule has 0 N–H and O–H groups in total. The zero-order chi connectivity index (χ0) is 43.9. The number of benzene rings is 2. The van der Waals surface area contributed by atoms with E-state index in [1.807, 2.05) is 0 Å². The molecule has 0 atom stereocenters. The molecule has 0 aliphatic rings. The molecule has 0 bridgehead atoms.